The van der Waals surface area contributed by atoms with Gasteiger partial charge in [-0.1, -0.05) is 6.07 Å². The number of aromatic nitrogens is 2. The Labute approximate surface area is 135 Å². The molecule has 0 radical (unpaired) electrons. The quantitative estimate of drug-likeness (QED) is 0.760. The van der Waals surface area contributed by atoms with Crippen LogP contribution in [0.3, 0.4) is 0 Å². The topological polar surface area (TPSA) is 45.7 Å². The fourth-order valence-electron chi connectivity index (χ4n) is 3.40. The lowest BCUT2D eigenvalue weighted by Crippen LogP contribution is -2.33. The predicted octanol–water partition coefficient (Wildman–Crippen LogP) is 2.85. The average molecular weight is 310 g/mol. The number of fused-ring (bicyclic) bond motifs is 1. The first-order valence-corrected chi connectivity index (χ1v) is 8.31. The molecular formula is C18H22N4O. The van der Waals surface area contributed by atoms with Crippen molar-refractivity contribution in [3.63, 3.8) is 0 Å². The Morgan fingerprint density at radius 1 is 1.17 bits per heavy atom. The van der Waals surface area contributed by atoms with Gasteiger partial charge in [0, 0.05) is 19.3 Å². The molecule has 120 valence electrons. The van der Waals surface area contributed by atoms with Crippen molar-refractivity contribution in [2.45, 2.75) is 25.4 Å². The largest absolute Gasteiger partial charge is 0.468 e. The van der Waals surface area contributed by atoms with Crippen molar-refractivity contribution in [3.8, 4) is 0 Å². The van der Waals surface area contributed by atoms with Crippen molar-refractivity contribution < 1.29 is 4.42 Å². The Morgan fingerprint density at radius 2 is 2.09 bits per heavy atom. The van der Waals surface area contributed by atoms with E-state index in [0.717, 1.165) is 37.6 Å². The van der Waals surface area contributed by atoms with Gasteiger partial charge in [0.1, 0.15) is 11.4 Å². The van der Waals surface area contributed by atoms with E-state index in [9.17, 15) is 0 Å². The van der Waals surface area contributed by atoms with E-state index in [1.54, 1.807) is 6.26 Å². The maximum absolute atomic E-state index is 5.67. The lowest BCUT2D eigenvalue weighted by atomic mass is 10.2. The van der Waals surface area contributed by atoms with Crippen LogP contribution < -0.4 is 5.32 Å². The highest BCUT2D eigenvalue weighted by Gasteiger charge is 2.25. The lowest BCUT2D eigenvalue weighted by Gasteiger charge is -2.26. The van der Waals surface area contributed by atoms with Crippen LogP contribution >= 0.6 is 0 Å². The minimum absolute atomic E-state index is 0.312. The van der Waals surface area contributed by atoms with E-state index < -0.39 is 0 Å². The molecule has 23 heavy (non-hydrogen) atoms. The molecule has 3 aromatic rings. The van der Waals surface area contributed by atoms with Crippen LogP contribution in [-0.4, -0.2) is 33.9 Å². The number of nitrogens with one attached hydrogen (secondary N) is 1. The van der Waals surface area contributed by atoms with Gasteiger partial charge in [0.25, 0.3) is 0 Å². The van der Waals surface area contributed by atoms with Gasteiger partial charge in [0.05, 0.1) is 24.2 Å². The maximum atomic E-state index is 5.67. The Balaban J connectivity index is 1.43. The molecule has 0 bridgehead atoms. The molecule has 0 spiro atoms. The number of hydrogen-bond donors (Lipinski definition) is 1. The molecule has 4 rings (SSSR count). The molecule has 5 heteroatoms. The van der Waals surface area contributed by atoms with Crippen LogP contribution in [0, 0.1) is 0 Å². The fraction of sp³-hybridized carbons (Fsp3) is 0.389. The van der Waals surface area contributed by atoms with Gasteiger partial charge in [-0.3, -0.25) is 4.90 Å². The Hall–Kier alpha value is -2.11. The third-order valence-corrected chi connectivity index (χ3v) is 4.59. The van der Waals surface area contributed by atoms with E-state index in [4.69, 9.17) is 4.42 Å². The van der Waals surface area contributed by atoms with Crippen molar-refractivity contribution in [1.29, 1.82) is 0 Å². The van der Waals surface area contributed by atoms with Crippen molar-refractivity contribution in [3.05, 3.63) is 60.4 Å². The number of imidazole rings is 1. The molecule has 0 saturated carbocycles. The molecule has 1 fully saturated rings. The summed E-state index contributed by atoms with van der Waals surface area (Å²) in [5.41, 5.74) is 2.17. The van der Waals surface area contributed by atoms with Gasteiger partial charge in [-0.05, 0) is 50.2 Å². The minimum Gasteiger partial charge on any atom is -0.468 e. The lowest BCUT2D eigenvalue weighted by molar-refractivity contribution is 0.209. The summed E-state index contributed by atoms with van der Waals surface area (Å²) in [5, 5.41) is 3.58. The van der Waals surface area contributed by atoms with Crippen LogP contribution in [0.25, 0.3) is 5.65 Å². The number of furan rings is 1. The molecule has 1 aliphatic heterocycles. The zero-order valence-corrected chi connectivity index (χ0v) is 13.2. The fourth-order valence-corrected chi connectivity index (χ4v) is 3.40. The van der Waals surface area contributed by atoms with Gasteiger partial charge in [-0.15, -0.1) is 0 Å². The molecule has 5 nitrogen and oxygen atoms in total. The summed E-state index contributed by atoms with van der Waals surface area (Å²) in [5.74, 6) is 1.05. The number of likely N-dealkylation sites (tertiary alicyclic amines) is 1. The van der Waals surface area contributed by atoms with E-state index in [-0.39, 0.29) is 0 Å². The molecule has 0 aliphatic carbocycles. The third-order valence-electron chi connectivity index (χ3n) is 4.59. The van der Waals surface area contributed by atoms with E-state index in [0.29, 0.717) is 6.04 Å². The molecule has 1 atom stereocenters. The van der Waals surface area contributed by atoms with Crippen molar-refractivity contribution in [2.75, 3.05) is 19.6 Å². The number of pyridine rings is 1. The third kappa shape index (κ3) is 3.02. The minimum atomic E-state index is 0.312. The van der Waals surface area contributed by atoms with Crippen molar-refractivity contribution in [2.24, 2.45) is 0 Å². The van der Waals surface area contributed by atoms with Gasteiger partial charge in [-0.2, -0.15) is 0 Å². The Morgan fingerprint density at radius 3 is 2.91 bits per heavy atom. The monoisotopic (exact) mass is 310 g/mol. The first-order valence-electron chi connectivity index (χ1n) is 8.31. The van der Waals surface area contributed by atoms with E-state index in [1.165, 1.54) is 18.5 Å². The maximum Gasteiger partial charge on any atom is 0.136 e. The summed E-state index contributed by atoms with van der Waals surface area (Å²) < 4.78 is 7.80. The standard InChI is InChI=1S/C18H22N4O/c1-2-10-22-15(13-20-18(22)7-1)12-19-14-16(17-6-5-11-23-17)21-8-3-4-9-21/h1-2,5-7,10-11,13,16,19H,3-4,8-9,12,14H2/t16-/m0/s1. The van der Waals surface area contributed by atoms with Gasteiger partial charge in [0.15, 0.2) is 0 Å². The average Bonchev–Trinajstić information content (AvgIpc) is 3.33. The molecule has 0 unspecified atom stereocenters. The molecule has 1 saturated heterocycles. The zero-order valence-electron chi connectivity index (χ0n) is 13.2. The molecule has 1 aliphatic rings. The summed E-state index contributed by atoms with van der Waals surface area (Å²) in [6, 6.07) is 10.4. The van der Waals surface area contributed by atoms with Crippen LogP contribution in [0.4, 0.5) is 0 Å². The Kier molecular flexibility index (Phi) is 4.13. The van der Waals surface area contributed by atoms with Gasteiger partial charge in [-0.25, -0.2) is 4.98 Å². The summed E-state index contributed by atoms with van der Waals surface area (Å²) >= 11 is 0. The first-order chi connectivity index (χ1) is 11.4. The highest BCUT2D eigenvalue weighted by Crippen LogP contribution is 2.25. The van der Waals surface area contributed by atoms with Crippen molar-refractivity contribution >= 4 is 5.65 Å². The molecule has 1 N–H and O–H groups in total. The first kappa shape index (κ1) is 14.5. The van der Waals surface area contributed by atoms with Gasteiger partial charge >= 0.3 is 0 Å². The van der Waals surface area contributed by atoms with E-state index >= 15 is 0 Å². The van der Waals surface area contributed by atoms with Crippen LogP contribution in [0.5, 0.6) is 0 Å². The molecule has 0 aromatic carbocycles. The number of nitrogens with zero attached hydrogens (tertiary/aromatic N) is 3. The van der Waals surface area contributed by atoms with E-state index in [1.807, 2.05) is 30.5 Å². The normalized spacial score (nSPS) is 17.0. The zero-order chi connectivity index (χ0) is 15.5. The summed E-state index contributed by atoms with van der Waals surface area (Å²) in [7, 11) is 0. The molecule has 4 heterocycles. The predicted molar refractivity (Wildman–Crippen MR) is 89.2 cm³/mol. The van der Waals surface area contributed by atoms with Crippen LogP contribution in [0.1, 0.15) is 30.3 Å². The molecular weight excluding hydrogens is 288 g/mol. The van der Waals surface area contributed by atoms with Crippen LogP contribution in [0.15, 0.2) is 53.4 Å². The highest BCUT2D eigenvalue weighted by molar-refractivity contribution is 5.39. The molecule has 0 amide bonds. The number of hydrogen-bond acceptors (Lipinski definition) is 4. The SMILES string of the molecule is c1coc([C@H](CNCc2cnc3ccccn23)N2CCCC2)c1. The smallest absolute Gasteiger partial charge is 0.136 e. The van der Waals surface area contributed by atoms with Crippen molar-refractivity contribution in [1.82, 2.24) is 19.6 Å². The van der Waals surface area contributed by atoms with Gasteiger partial charge < -0.3 is 14.1 Å². The highest BCUT2D eigenvalue weighted by atomic mass is 16.3. The second-order valence-electron chi connectivity index (χ2n) is 6.08. The van der Waals surface area contributed by atoms with Gasteiger partial charge in [0.2, 0.25) is 0 Å². The summed E-state index contributed by atoms with van der Waals surface area (Å²) in [6.45, 7) is 4.00. The van der Waals surface area contributed by atoms with Crippen LogP contribution in [-0.2, 0) is 6.54 Å². The second-order valence-corrected chi connectivity index (χ2v) is 6.08. The summed E-state index contributed by atoms with van der Waals surface area (Å²) in [4.78, 5) is 6.95. The Bertz CT molecular complexity index is 743. The second kappa shape index (κ2) is 6.56. The molecule has 3 aromatic heterocycles. The summed E-state index contributed by atoms with van der Waals surface area (Å²) in [6.07, 6.45) is 8.34. The number of rotatable bonds is 6. The van der Waals surface area contributed by atoms with E-state index in [2.05, 4.69) is 31.9 Å². The van der Waals surface area contributed by atoms with Crippen LogP contribution in [0.2, 0.25) is 0 Å².